The van der Waals surface area contributed by atoms with E-state index in [1.165, 1.54) is 0 Å². The van der Waals surface area contributed by atoms with Crippen molar-refractivity contribution in [3.63, 3.8) is 0 Å². The van der Waals surface area contributed by atoms with Gasteiger partial charge in [0.2, 0.25) is 0 Å². The zero-order chi connectivity index (χ0) is 12.7. The van der Waals surface area contributed by atoms with Crippen molar-refractivity contribution in [1.29, 1.82) is 0 Å². The highest BCUT2D eigenvalue weighted by Crippen LogP contribution is 2.25. The highest BCUT2D eigenvalue weighted by molar-refractivity contribution is 5.68. The Hall–Kier alpha value is -1.77. The van der Waals surface area contributed by atoms with Crippen LogP contribution in [0.15, 0.2) is 36.9 Å². The van der Waals surface area contributed by atoms with Gasteiger partial charge in [0.25, 0.3) is 0 Å². The maximum atomic E-state index is 10.8. The Labute approximate surface area is 102 Å². The van der Waals surface area contributed by atoms with E-state index in [9.17, 15) is 4.79 Å². The molecule has 0 aromatic heterocycles. The van der Waals surface area contributed by atoms with Crippen LogP contribution < -0.4 is 4.74 Å². The lowest BCUT2D eigenvalue weighted by atomic mass is 9.92. The summed E-state index contributed by atoms with van der Waals surface area (Å²) in [6.45, 7) is 6.22. The van der Waals surface area contributed by atoms with E-state index in [0.717, 1.165) is 11.3 Å². The highest BCUT2D eigenvalue weighted by Gasteiger charge is 2.14. The summed E-state index contributed by atoms with van der Waals surface area (Å²) in [4.78, 5) is 10.8. The van der Waals surface area contributed by atoms with Crippen molar-refractivity contribution >= 4 is 5.97 Å². The summed E-state index contributed by atoms with van der Waals surface area (Å²) in [7, 11) is 0. The fraction of sp³-hybridized carbons (Fsp3) is 0.357. The molecule has 0 spiro atoms. The lowest BCUT2D eigenvalue weighted by Gasteiger charge is -2.13. The van der Waals surface area contributed by atoms with Crippen LogP contribution in [-0.4, -0.2) is 17.7 Å². The second-order valence-electron chi connectivity index (χ2n) is 3.82. The summed E-state index contributed by atoms with van der Waals surface area (Å²) in [6.07, 6.45) is 2.55. The Morgan fingerprint density at radius 3 is 2.59 bits per heavy atom. The molecule has 1 aromatic rings. The molecule has 0 bridgehead atoms. The third-order valence-electron chi connectivity index (χ3n) is 2.53. The number of allylic oxidation sites excluding steroid dienone is 1. The first-order chi connectivity index (χ1) is 8.17. The minimum Gasteiger partial charge on any atom is -0.494 e. The molecule has 1 N–H and O–H groups in total. The zero-order valence-corrected chi connectivity index (χ0v) is 10.1. The largest absolute Gasteiger partial charge is 0.494 e. The Balaban J connectivity index is 2.79. The van der Waals surface area contributed by atoms with Crippen LogP contribution in [0, 0.1) is 0 Å². The molecule has 1 atom stereocenters. The predicted molar refractivity (Wildman–Crippen MR) is 67.4 cm³/mol. The number of carbonyl (C=O) groups is 1. The van der Waals surface area contributed by atoms with Crippen LogP contribution in [0.2, 0.25) is 0 Å². The quantitative estimate of drug-likeness (QED) is 0.737. The molecule has 3 heteroatoms. The fourth-order valence-electron chi connectivity index (χ4n) is 1.75. The van der Waals surface area contributed by atoms with Crippen LogP contribution >= 0.6 is 0 Å². The van der Waals surface area contributed by atoms with Gasteiger partial charge in [-0.2, -0.15) is 0 Å². The average molecular weight is 234 g/mol. The van der Waals surface area contributed by atoms with Gasteiger partial charge in [-0.1, -0.05) is 18.2 Å². The Bertz CT molecular complexity index is 368. The van der Waals surface area contributed by atoms with Crippen LogP contribution in [0.1, 0.15) is 31.2 Å². The number of hydrogen-bond acceptors (Lipinski definition) is 2. The van der Waals surface area contributed by atoms with Crippen LogP contribution in [0.5, 0.6) is 5.75 Å². The van der Waals surface area contributed by atoms with Gasteiger partial charge in [-0.25, -0.2) is 0 Å². The van der Waals surface area contributed by atoms with Gasteiger partial charge >= 0.3 is 5.97 Å². The second kappa shape index (κ2) is 6.74. The van der Waals surface area contributed by atoms with Crippen LogP contribution in [0.4, 0.5) is 0 Å². The molecule has 0 saturated carbocycles. The maximum absolute atomic E-state index is 10.8. The monoisotopic (exact) mass is 234 g/mol. The molecule has 1 unspecified atom stereocenters. The Morgan fingerprint density at radius 1 is 1.47 bits per heavy atom. The van der Waals surface area contributed by atoms with Crippen LogP contribution in [0.3, 0.4) is 0 Å². The molecule has 92 valence electrons. The molecule has 0 fully saturated rings. The van der Waals surface area contributed by atoms with Crippen molar-refractivity contribution in [2.45, 2.75) is 25.7 Å². The predicted octanol–water partition coefficient (Wildman–Crippen LogP) is 3.22. The van der Waals surface area contributed by atoms with Gasteiger partial charge in [0.15, 0.2) is 0 Å². The van der Waals surface area contributed by atoms with Gasteiger partial charge in [-0.05, 0) is 37.0 Å². The molecule has 0 aliphatic rings. The molecule has 0 aliphatic heterocycles. The molecule has 0 saturated heterocycles. The third-order valence-corrected chi connectivity index (χ3v) is 2.53. The number of carboxylic acid groups (broad SMARTS) is 1. The first kappa shape index (κ1) is 13.3. The van der Waals surface area contributed by atoms with E-state index in [0.29, 0.717) is 13.0 Å². The summed E-state index contributed by atoms with van der Waals surface area (Å²) in [6, 6.07) is 7.58. The van der Waals surface area contributed by atoms with Crippen LogP contribution in [-0.2, 0) is 4.79 Å². The Kier molecular flexibility index (Phi) is 5.27. The number of ether oxygens (including phenoxy) is 1. The van der Waals surface area contributed by atoms with E-state index in [-0.39, 0.29) is 12.3 Å². The van der Waals surface area contributed by atoms with E-state index in [1.807, 2.05) is 31.2 Å². The number of aliphatic carboxylic acids is 1. The number of benzene rings is 1. The standard InChI is InChI=1S/C14H18O3/c1-3-5-12(10-14(15)16)11-6-8-13(9-7-11)17-4-2/h3,6-9,12H,1,4-5,10H2,2H3,(H,15,16). The normalized spacial score (nSPS) is 11.8. The number of hydrogen-bond donors (Lipinski definition) is 1. The molecule has 0 aliphatic carbocycles. The summed E-state index contributed by atoms with van der Waals surface area (Å²) in [5.41, 5.74) is 1.01. The minimum absolute atomic E-state index is 0.0133. The van der Waals surface area contributed by atoms with Crippen molar-refractivity contribution in [3.8, 4) is 5.75 Å². The smallest absolute Gasteiger partial charge is 0.303 e. The van der Waals surface area contributed by atoms with Gasteiger partial charge in [0, 0.05) is 0 Å². The lowest BCUT2D eigenvalue weighted by Crippen LogP contribution is -2.05. The first-order valence-corrected chi connectivity index (χ1v) is 5.72. The SMILES string of the molecule is C=CCC(CC(=O)O)c1ccc(OCC)cc1. The fourth-order valence-corrected chi connectivity index (χ4v) is 1.75. The highest BCUT2D eigenvalue weighted by atomic mass is 16.5. The van der Waals surface area contributed by atoms with Crippen molar-refractivity contribution in [2.24, 2.45) is 0 Å². The minimum atomic E-state index is -0.786. The van der Waals surface area contributed by atoms with E-state index >= 15 is 0 Å². The third kappa shape index (κ3) is 4.31. The van der Waals surface area contributed by atoms with Gasteiger partial charge in [0.1, 0.15) is 5.75 Å². The van der Waals surface area contributed by atoms with E-state index in [2.05, 4.69) is 6.58 Å². The van der Waals surface area contributed by atoms with Crippen molar-refractivity contribution < 1.29 is 14.6 Å². The van der Waals surface area contributed by atoms with Gasteiger partial charge in [-0.3, -0.25) is 4.79 Å². The number of carboxylic acids is 1. The molecule has 0 radical (unpaired) electrons. The second-order valence-corrected chi connectivity index (χ2v) is 3.82. The van der Waals surface area contributed by atoms with E-state index < -0.39 is 5.97 Å². The molecule has 0 amide bonds. The van der Waals surface area contributed by atoms with Gasteiger partial charge in [0.05, 0.1) is 13.0 Å². The molecular weight excluding hydrogens is 216 g/mol. The van der Waals surface area contributed by atoms with E-state index in [4.69, 9.17) is 9.84 Å². The lowest BCUT2D eigenvalue weighted by molar-refractivity contribution is -0.137. The molecule has 0 heterocycles. The molecule has 1 rings (SSSR count). The van der Waals surface area contributed by atoms with Crippen molar-refractivity contribution in [3.05, 3.63) is 42.5 Å². The summed E-state index contributed by atoms with van der Waals surface area (Å²) >= 11 is 0. The zero-order valence-electron chi connectivity index (χ0n) is 10.1. The average Bonchev–Trinajstić information content (AvgIpc) is 2.29. The molecule has 17 heavy (non-hydrogen) atoms. The first-order valence-electron chi connectivity index (χ1n) is 5.72. The summed E-state index contributed by atoms with van der Waals surface area (Å²) in [5.74, 6) is 0.00957. The topological polar surface area (TPSA) is 46.5 Å². The number of rotatable bonds is 7. The van der Waals surface area contributed by atoms with Crippen molar-refractivity contribution in [1.82, 2.24) is 0 Å². The van der Waals surface area contributed by atoms with Gasteiger partial charge < -0.3 is 9.84 Å². The summed E-state index contributed by atoms with van der Waals surface area (Å²) < 4.78 is 5.35. The Morgan fingerprint density at radius 2 is 2.12 bits per heavy atom. The summed E-state index contributed by atoms with van der Waals surface area (Å²) in [5, 5.41) is 8.85. The molecular formula is C14H18O3. The van der Waals surface area contributed by atoms with Gasteiger partial charge in [-0.15, -0.1) is 6.58 Å². The molecule has 1 aromatic carbocycles. The van der Waals surface area contributed by atoms with Crippen molar-refractivity contribution in [2.75, 3.05) is 6.61 Å². The maximum Gasteiger partial charge on any atom is 0.303 e. The van der Waals surface area contributed by atoms with E-state index in [1.54, 1.807) is 6.08 Å². The van der Waals surface area contributed by atoms with Crippen LogP contribution in [0.25, 0.3) is 0 Å². The molecule has 3 nitrogen and oxygen atoms in total.